The van der Waals surface area contributed by atoms with Gasteiger partial charge in [-0.3, -0.25) is 4.79 Å². The lowest BCUT2D eigenvalue weighted by Crippen LogP contribution is -2.20. The molecule has 0 fully saturated rings. The van der Waals surface area contributed by atoms with E-state index in [-0.39, 0.29) is 5.91 Å². The van der Waals surface area contributed by atoms with E-state index in [0.29, 0.717) is 18.1 Å². The second-order valence-corrected chi connectivity index (χ2v) is 6.38. The summed E-state index contributed by atoms with van der Waals surface area (Å²) in [5.74, 6) is 0.463. The lowest BCUT2D eigenvalue weighted by atomic mass is 10.1. The molecule has 0 saturated carbocycles. The largest absolute Gasteiger partial charge is 0.355 e. The van der Waals surface area contributed by atoms with Gasteiger partial charge in [0.05, 0.1) is 0 Å². The van der Waals surface area contributed by atoms with Gasteiger partial charge in [0.25, 0.3) is 5.91 Å². The minimum Gasteiger partial charge on any atom is -0.355 e. The van der Waals surface area contributed by atoms with Crippen molar-refractivity contribution in [3.05, 3.63) is 83.3 Å². The molecule has 26 heavy (non-hydrogen) atoms. The number of amides is 1. The fraction of sp³-hybridized carbons (Fsp3) is 0.190. The number of aryl methyl sites for hydroxylation is 2. The topological polar surface area (TPSA) is 58.1 Å². The number of nitrogens with one attached hydrogen (secondary N) is 1. The van der Waals surface area contributed by atoms with Gasteiger partial charge in [-0.15, -0.1) is 0 Å². The Morgan fingerprint density at radius 3 is 2.58 bits per heavy atom. The number of benzene rings is 2. The molecule has 0 atom stereocenters. The van der Waals surface area contributed by atoms with Gasteiger partial charge in [0.2, 0.25) is 0 Å². The number of carbonyl (C=O) groups is 1. The molecule has 0 bridgehead atoms. The third-order valence-corrected chi connectivity index (χ3v) is 4.18. The van der Waals surface area contributed by atoms with Crippen molar-refractivity contribution < 1.29 is 4.79 Å². The van der Waals surface area contributed by atoms with Crippen LogP contribution in [0.1, 0.15) is 27.2 Å². The first-order valence-electron chi connectivity index (χ1n) is 8.48. The van der Waals surface area contributed by atoms with Gasteiger partial charge in [-0.05, 0) is 36.6 Å². The van der Waals surface area contributed by atoms with Crippen LogP contribution in [0.5, 0.6) is 0 Å². The SMILES string of the molecule is Cc1ccc(C)c(NC(=O)c2cc(N(C)Cc3ccccc3)ncn2)c1. The van der Waals surface area contributed by atoms with E-state index in [0.717, 1.165) is 16.8 Å². The van der Waals surface area contributed by atoms with E-state index in [2.05, 4.69) is 27.4 Å². The van der Waals surface area contributed by atoms with Crippen LogP contribution in [0.3, 0.4) is 0 Å². The van der Waals surface area contributed by atoms with E-state index < -0.39 is 0 Å². The molecule has 3 rings (SSSR count). The van der Waals surface area contributed by atoms with Crippen molar-refractivity contribution in [1.82, 2.24) is 9.97 Å². The number of nitrogens with zero attached hydrogens (tertiary/aromatic N) is 3. The monoisotopic (exact) mass is 346 g/mol. The summed E-state index contributed by atoms with van der Waals surface area (Å²) in [4.78, 5) is 23.0. The van der Waals surface area contributed by atoms with Gasteiger partial charge in [0, 0.05) is 25.3 Å². The molecular weight excluding hydrogens is 324 g/mol. The first-order chi connectivity index (χ1) is 12.5. The van der Waals surface area contributed by atoms with Crippen molar-refractivity contribution in [3.63, 3.8) is 0 Å². The number of hydrogen-bond donors (Lipinski definition) is 1. The van der Waals surface area contributed by atoms with Crippen LogP contribution >= 0.6 is 0 Å². The van der Waals surface area contributed by atoms with Crippen LogP contribution in [0.15, 0.2) is 60.9 Å². The number of anilines is 2. The molecule has 1 N–H and O–H groups in total. The lowest BCUT2D eigenvalue weighted by Gasteiger charge is -2.18. The molecule has 132 valence electrons. The third kappa shape index (κ3) is 4.25. The second kappa shape index (κ2) is 7.78. The molecule has 2 aromatic carbocycles. The summed E-state index contributed by atoms with van der Waals surface area (Å²) < 4.78 is 0. The molecule has 5 nitrogen and oxygen atoms in total. The molecule has 0 saturated heterocycles. The molecule has 0 unspecified atom stereocenters. The Bertz CT molecular complexity index is 909. The highest BCUT2D eigenvalue weighted by Gasteiger charge is 2.12. The van der Waals surface area contributed by atoms with E-state index in [9.17, 15) is 4.79 Å². The Kier molecular flexibility index (Phi) is 5.27. The highest BCUT2D eigenvalue weighted by molar-refractivity contribution is 6.03. The fourth-order valence-electron chi connectivity index (χ4n) is 2.68. The Labute approximate surface area is 153 Å². The molecule has 1 aromatic heterocycles. The molecule has 1 heterocycles. The van der Waals surface area contributed by atoms with Crippen molar-refractivity contribution in [3.8, 4) is 0 Å². The van der Waals surface area contributed by atoms with Gasteiger partial charge in [-0.25, -0.2) is 9.97 Å². The van der Waals surface area contributed by atoms with Gasteiger partial charge in [-0.1, -0.05) is 42.5 Å². The zero-order valence-electron chi connectivity index (χ0n) is 15.2. The highest BCUT2D eigenvalue weighted by Crippen LogP contribution is 2.18. The van der Waals surface area contributed by atoms with E-state index in [1.165, 1.54) is 11.9 Å². The predicted octanol–water partition coefficient (Wildman–Crippen LogP) is 3.98. The summed E-state index contributed by atoms with van der Waals surface area (Å²) in [6.45, 7) is 4.67. The van der Waals surface area contributed by atoms with Crippen molar-refractivity contribution >= 4 is 17.4 Å². The van der Waals surface area contributed by atoms with Gasteiger partial charge in [0.1, 0.15) is 17.8 Å². The normalized spacial score (nSPS) is 10.4. The molecule has 0 spiro atoms. The van der Waals surface area contributed by atoms with Crippen molar-refractivity contribution in [1.29, 1.82) is 0 Å². The Balaban J connectivity index is 1.76. The van der Waals surface area contributed by atoms with Crippen molar-refractivity contribution in [2.24, 2.45) is 0 Å². The maximum atomic E-state index is 12.6. The zero-order chi connectivity index (χ0) is 18.5. The van der Waals surface area contributed by atoms with Gasteiger partial charge < -0.3 is 10.2 Å². The second-order valence-electron chi connectivity index (χ2n) is 6.38. The van der Waals surface area contributed by atoms with E-state index >= 15 is 0 Å². The van der Waals surface area contributed by atoms with Crippen LogP contribution in [0.2, 0.25) is 0 Å². The standard InChI is InChI=1S/C21H22N4O/c1-15-9-10-16(2)18(11-15)24-21(26)19-12-20(23-14-22-19)25(3)13-17-7-5-4-6-8-17/h4-12,14H,13H2,1-3H3,(H,24,26). The van der Waals surface area contributed by atoms with Crippen LogP contribution in [0, 0.1) is 13.8 Å². The molecule has 0 radical (unpaired) electrons. The van der Waals surface area contributed by atoms with E-state index in [1.807, 2.05) is 62.2 Å². The summed E-state index contributed by atoms with van der Waals surface area (Å²) in [6, 6.07) is 17.8. The number of aromatic nitrogens is 2. The Morgan fingerprint density at radius 2 is 1.81 bits per heavy atom. The molecule has 0 aliphatic heterocycles. The van der Waals surface area contributed by atoms with E-state index in [1.54, 1.807) is 6.07 Å². The van der Waals surface area contributed by atoms with Gasteiger partial charge >= 0.3 is 0 Å². The maximum absolute atomic E-state index is 12.6. The Morgan fingerprint density at radius 1 is 1.04 bits per heavy atom. The number of rotatable bonds is 5. The molecule has 0 aliphatic carbocycles. The first-order valence-corrected chi connectivity index (χ1v) is 8.48. The Hall–Kier alpha value is -3.21. The third-order valence-electron chi connectivity index (χ3n) is 4.18. The van der Waals surface area contributed by atoms with Crippen molar-refractivity contribution in [2.75, 3.05) is 17.3 Å². The molecular formula is C21H22N4O. The molecule has 0 aliphatic rings. The number of hydrogen-bond acceptors (Lipinski definition) is 4. The lowest BCUT2D eigenvalue weighted by molar-refractivity contribution is 0.102. The minimum absolute atomic E-state index is 0.240. The molecule has 3 aromatic rings. The molecule has 5 heteroatoms. The van der Waals surface area contributed by atoms with Crippen molar-refractivity contribution in [2.45, 2.75) is 20.4 Å². The van der Waals surface area contributed by atoms with Crippen LogP contribution in [0.25, 0.3) is 0 Å². The van der Waals surface area contributed by atoms with Crippen LogP contribution < -0.4 is 10.2 Å². The summed E-state index contributed by atoms with van der Waals surface area (Å²) in [7, 11) is 1.95. The van der Waals surface area contributed by atoms with Crippen LogP contribution in [-0.2, 0) is 6.54 Å². The first kappa shape index (κ1) is 17.6. The maximum Gasteiger partial charge on any atom is 0.274 e. The fourth-order valence-corrected chi connectivity index (χ4v) is 2.68. The van der Waals surface area contributed by atoms with Crippen LogP contribution in [0.4, 0.5) is 11.5 Å². The van der Waals surface area contributed by atoms with Gasteiger partial charge in [-0.2, -0.15) is 0 Å². The summed E-state index contributed by atoms with van der Waals surface area (Å²) in [6.07, 6.45) is 1.43. The zero-order valence-corrected chi connectivity index (χ0v) is 15.2. The highest BCUT2D eigenvalue weighted by atomic mass is 16.1. The van der Waals surface area contributed by atoms with E-state index in [4.69, 9.17) is 0 Å². The average molecular weight is 346 g/mol. The summed E-state index contributed by atoms with van der Waals surface area (Å²) >= 11 is 0. The molecule has 1 amide bonds. The quantitative estimate of drug-likeness (QED) is 0.759. The number of carbonyl (C=O) groups excluding carboxylic acids is 1. The van der Waals surface area contributed by atoms with Crippen LogP contribution in [-0.4, -0.2) is 22.9 Å². The smallest absolute Gasteiger partial charge is 0.274 e. The summed E-state index contributed by atoms with van der Waals surface area (Å²) in [5.41, 5.74) is 4.43. The average Bonchev–Trinajstić information content (AvgIpc) is 2.65. The summed E-state index contributed by atoms with van der Waals surface area (Å²) in [5, 5.41) is 2.94. The minimum atomic E-state index is -0.240. The predicted molar refractivity (Wildman–Crippen MR) is 104 cm³/mol. The van der Waals surface area contributed by atoms with Gasteiger partial charge in [0.15, 0.2) is 0 Å².